The summed E-state index contributed by atoms with van der Waals surface area (Å²) in [6.07, 6.45) is 2.01. The van der Waals surface area contributed by atoms with E-state index in [4.69, 9.17) is 9.97 Å². The Morgan fingerprint density at radius 2 is 1.52 bits per heavy atom. The van der Waals surface area contributed by atoms with Gasteiger partial charge in [-0.2, -0.15) is 0 Å². The van der Waals surface area contributed by atoms with Crippen molar-refractivity contribution in [2.45, 2.75) is 19.3 Å². The van der Waals surface area contributed by atoms with Gasteiger partial charge in [-0.05, 0) is 34.9 Å². The second kappa shape index (κ2) is 5.00. The molecule has 0 atom stereocenters. The molecule has 0 aliphatic heterocycles. The van der Waals surface area contributed by atoms with Gasteiger partial charge in [0.2, 0.25) is 0 Å². The maximum absolute atomic E-state index is 4.81. The molecule has 2 heterocycles. The quantitative estimate of drug-likeness (QED) is 0.455. The number of para-hydroxylation sites is 1. The molecule has 1 aliphatic rings. The van der Waals surface area contributed by atoms with E-state index in [0.717, 1.165) is 22.3 Å². The normalized spacial score (nSPS) is 14.3. The van der Waals surface area contributed by atoms with Crippen molar-refractivity contribution in [1.29, 1.82) is 0 Å². The van der Waals surface area contributed by atoms with E-state index in [1.165, 1.54) is 22.3 Å². The van der Waals surface area contributed by atoms with Crippen molar-refractivity contribution in [3.8, 4) is 22.5 Å². The van der Waals surface area contributed by atoms with Gasteiger partial charge in [-0.1, -0.05) is 62.4 Å². The van der Waals surface area contributed by atoms with Crippen LogP contribution in [0.3, 0.4) is 0 Å². The number of nitrogens with zero attached hydrogens (tertiary/aromatic N) is 2. The average Bonchev–Trinajstić information content (AvgIpc) is 2.89. The minimum Gasteiger partial charge on any atom is -0.254 e. The van der Waals surface area contributed by atoms with Crippen molar-refractivity contribution in [2.75, 3.05) is 0 Å². The summed E-state index contributed by atoms with van der Waals surface area (Å²) in [6.45, 7) is 4.57. The van der Waals surface area contributed by atoms with Crippen molar-refractivity contribution in [1.82, 2.24) is 9.97 Å². The average molecular weight is 322 g/mol. The maximum atomic E-state index is 4.81. The molecular formula is C23H18N2. The fraction of sp³-hybridized carbons (Fsp3) is 0.130. The third-order valence-corrected chi connectivity index (χ3v) is 5.33. The summed E-state index contributed by atoms with van der Waals surface area (Å²) < 4.78 is 0. The summed E-state index contributed by atoms with van der Waals surface area (Å²) >= 11 is 0. The van der Waals surface area contributed by atoms with Crippen LogP contribution in [-0.2, 0) is 5.41 Å². The molecule has 0 amide bonds. The Hall–Kier alpha value is -3.00. The van der Waals surface area contributed by atoms with Gasteiger partial charge >= 0.3 is 0 Å². The van der Waals surface area contributed by atoms with Crippen LogP contribution >= 0.6 is 0 Å². The smallest absolute Gasteiger partial charge is 0.0894 e. The lowest BCUT2D eigenvalue weighted by Gasteiger charge is -2.21. The van der Waals surface area contributed by atoms with Crippen LogP contribution in [0.4, 0.5) is 0 Å². The highest BCUT2D eigenvalue weighted by atomic mass is 14.8. The standard InChI is InChI=1S/C23H18N2/c1-23(2)18-9-5-4-8-16(18)17-14-24-22(13-19(17)23)21-12-11-15-7-3-6-10-20(15)25-21/h3-14H,1-2H3. The van der Waals surface area contributed by atoms with Crippen molar-refractivity contribution in [3.63, 3.8) is 0 Å². The van der Waals surface area contributed by atoms with Crippen LogP contribution in [0.1, 0.15) is 25.0 Å². The molecule has 0 saturated carbocycles. The van der Waals surface area contributed by atoms with E-state index < -0.39 is 0 Å². The number of aromatic nitrogens is 2. The lowest BCUT2D eigenvalue weighted by atomic mass is 9.82. The number of benzene rings is 2. The fourth-order valence-corrected chi connectivity index (χ4v) is 3.94. The monoisotopic (exact) mass is 322 g/mol. The molecule has 0 fully saturated rings. The zero-order valence-electron chi connectivity index (χ0n) is 14.3. The molecule has 0 N–H and O–H groups in total. The first-order chi connectivity index (χ1) is 12.1. The van der Waals surface area contributed by atoms with Gasteiger partial charge in [0.1, 0.15) is 0 Å². The first kappa shape index (κ1) is 14.4. The lowest BCUT2D eigenvalue weighted by molar-refractivity contribution is 0.660. The molecule has 2 heteroatoms. The van der Waals surface area contributed by atoms with Gasteiger partial charge in [-0.15, -0.1) is 0 Å². The lowest BCUT2D eigenvalue weighted by Crippen LogP contribution is -2.15. The third kappa shape index (κ3) is 2.04. The molecule has 0 unspecified atom stereocenters. The van der Waals surface area contributed by atoms with Gasteiger partial charge in [0.25, 0.3) is 0 Å². The number of pyridine rings is 2. The number of rotatable bonds is 1. The van der Waals surface area contributed by atoms with Crippen LogP contribution in [0, 0.1) is 0 Å². The summed E-state index contributed by atoms with van der Waals surface area (Å²) in [5.41, 5.74) is 8.09. The van der Waals surface area contributed by atoms with E-state index >= 15 is 0 Å². The Balaban J connectivity index is 1.69. The second-order valence-electron chi connectivity index (χ2n) is 7.17. The van der Waals surface area contributed by atoms with Crippen molar-refractivity contribution in [3.05, 3.63) is 84.1 Å². The van der Waals surface area contributed by atoms with Gasteiger partial charge < -0.3 is 0 Å². The molecule has 25 heavy (non-hydrogen) atoms. The molecule has 0 saturated heterocycles. The third-order valence-electron chi connectivity index (χ3n) is 5.33. The first-order valence-corrected chi connectivity index (χ1v) is 8.61. The van der Waals surface area contributed by atoms with Crippen LogP contribution in [0.5, 0.6) is 0 Å². The highest BCUT2D eigenvalue weighted by molar-refractivity contribution is 5.83. The first-order valence-electron chi connectivity index (χ1n) is 8.61. The number of fused-ring (bicyclic) bond motifs is 4. The van der Waals surface area contributed by atoms with Crippen molar-refractivity contribution in [2.24, 2.45) is 0 Å². The highest BCUT2D eigenvalue weighted by Crippen LogP contribution is 2.48. The Morgan fingerprint density at radius 3 is 2.44 bits per heavy atom. The number of hydrogen-bond donors (Lipinski definition) is 0. The van der Waals surface area contributed by atoms with Crippen LogP contribution in [-0.4, -0.2) is 9.97 Å². The summed E-state index contributed by atoms with van der Waals surface area (Å²) in [6, 6.07) is 23.2. The predicted octanol–water partition coefficient (Wildman–Crippen LogP) is 5.60. The Morgan fingerprint density at radius 1 is 0.720 bits per heavy atom. The molecule has 1 aliphatic carbocycles. The van der Waals surface area contributed by atoms with E-state index in [1.54, 1.807) is 0 Å². The molecule has 4 aromatic rings. The SMILES string of the molecule is CC1(C)c2ccccc2-c2cnc(-c3ccc4ccccc4n3)cc21. The van der Waals surface area contributed by atoms with E-state index in [2.05, 4.69) is 62.4 Å². The van der Waals surface area contributed by atoms with E-state index in [9.17, 15) is 0 Å². The van der Waals surface area contributed by atoms with Crippen molar-refractivity contribution < 1.29 is 0 Å². The van der Waals surface area contributed by atoms with E-state index in [0.29, 0.717) is 0 Å². The summed E-state index contributed by atoms with van der Waals surface area (Å²) in [5.74, 6) is 0. The minimum absolute atomic E-state index is 0.0134. The maximum Gasteiger partial charge on any atom is 0.0894 e. The minimum atomic E-state index is -0.0134. The zero-order valence-corrected chi connectivity index (χ0v) is 14.3. The van der Waals surface area contributed by atoms with Gasteiger partial charge in [-0.3, -0.25) is 4.98 Å². The Bertz CT molecular complexity index is 1130. The molecule has 2 nitrogen and oxygen atoms in total. The van der Waals surface area contributed by atoms with Crippen LogP contribution < -0.4 is 0 Å². The van der Waals surface area contributed by atoms with Gasteiger partial charge in [0.05, 0.1) is 16.9 Å². The summed E-state index contributed by atoms with van der Waals surface area (Å²) in [7, 11) is 0. The second-order valence-corrected chi connectivity index (χ2v) is 7.17. The summed E-state index contributed by atoms with van der Waals surface area (Å²) in [4.78, 5) is 9.53. The van der Waals surface area contributed by atoms with Crippen molar-refractivity contribution >= 4 is 10.9 Å². The number of hydrogen-bond acceptors (Lipinski definition) is 2. The van der Waals surface area contributed by atoms with Crippen LogP contribution in [0.25, 0.3) is 33.4 Å². The Kier molecular flexibility index (Phi) is 2.87. The summed E-state index contributed by atoms with van der Waals surface area (Å²) in [5, 5.41) is 1.15. The molecule has 2 aromatic heterocycles. The predicted molar refractivity (Wildman–Crippen MR) is 103 cm³/mol. The van der Waals surface area contributed by atoms with Crippen LogP contribution in [0.15, 0.2) is 72.9 Å². The largest absolute Gasteiger partial charge is 0.254 e. The molecule has 120 valence electrons. The zero-order chi connectivity index (χ0) is 17.0. The highest BCUT2D eigenvalue weighted by Gasteiger charge is 2.35. The molecule has 2 aromatic carbocycles. The molecule has 0 spiro atoms. The van der Waals surface area contributed by atoms with E-state index in [-0.39, 0.29) is 5.41 Å². The Labute approximate surface area is 147 Å². The fourth-order valence-electron chi connectivity index (χ4n) is 3.94. The molecule has 0 bridgehead atoms. The van der Waals surface area contributed by atoms with Gasteiger partial charge in [0, 0.05) is 22.6 Å². The molecule has 5 rings (SSSR count). The topological polar surface area (TPSA) is 25.8 Å². The van der Waals surface area contributed by atoms with Crippen LogP contribution in [0.2, 0.25) is 0 Å². The molecular weight excluding hydrogens is 304 g/mol. The van der Waals surface area contributed by atoms with E-state index in [1.807, 2.05) is 24.4 Å². The molecule has 0 radical (unpaired) electrons. The van der Waals surface area contributed by atoms with Gasteiger partial charge in [-0.25, -0.2) is 4.98 Å². The van der Waals surface area contributed by atoms with Gasteiger partial charge in [0.15, 0.2) is 0 Å².